The lowest BCUT2D eigenvalue weighted by molar-refractivity contribution is 0.0656. The van der Waals surface area contributed by atoms with Crippen LogP contribution in [0.1, 0.15) is 37.2 Å². The van der Waals surface area contributed by atoms with Crippen LogP contribution in [0.3, 0.4) is 0 Å². The molecular formula is C12H20N4OS. The first-order valence-electron chi connectivity index (χ1n) is 6.47. The Morgan fingerprint density at radius 2 is 2.50 bits per heavy atom. The van der Waals surface area contributed by atoms with Crippen LogP contribution in [0, 0.1) is 5.92 Å². The van der Waals surface area contributed by atoms with E-state index < -0.39 is 0 Å². The van der Waals surface area contributed by atoms with Gasteiger partial charge >= 0.3 is 0 Å². The molecule has 1 aromatic heterocycles. The van der Waals surface area contributed by atoms with E-state index in [-0.39, 0.29) is 11.9 Å². The summed E-state index contributed by atoms with van der Waals surface area (Å²) in [6.07, 6.45) is 3.95. The van der Waals surface area contributed by atoms with Gasteiger partial charge in [0.15, 0.2) is 5.69 Å². The predicted molar refractivity (Wildman–Crippen MR) is 71.7 cm³/mol. The highest BCUT2D eigenvalue weighted by molar-refractivity contribution is 6.99. The van der Waals surface area contributed by atoms with Crippen molar-refractivity contribution in [2.24, 2.45) is 5.92 Å². The van der Waals surface area contributed by atoms with Gasteiger partial charge in [-0.25, -0.2) is 0 Å². The lowest BCUT2D eigenvalue weighted by Crippen LogP contribution is -2.44. The Morgan fingerprint density at radius 3 is 3.06 bits per heavy atom. The molecule has 5 nitrogen and oxygen atoms in total. The van der Waals surface area contributed by atoms with E-state index in [2.05, 4.69) is 14.1 Å². The molecule has 0 radical (unpaired) electrons. The summed E-state index contributed by atoms with van der Waals surface area (Å²) in [6.45, 7) is 7.01. The molecule has 0 spiro atoms. The van der Waals surface area contributed by atoms with Crippen LogP contribution in [0.25, 0.3) is 0 Å². The van der Waals surface area contributed by atoms with Crippen LogP contribution < -0.4 is 5.32 Å². The fraction of sp³-hybridized carbons (Fsp3) is 0.750. The van der Waals surface area contributed by atoms with Gasteiger partial charge in [0, 0.05) is 12.6 Å². The van der Waals surface area contributed by atoms with Crippen LogP contribution in [-0.2, 0) is 0 Å². The molecule has 1 N–H and O–H groups in total. The first kappa shape index (κ1) is 13.4. The van der Waals surface area contributed by atoms with Crippen molar-refractivity contribution in [1.82, 2.24) is 19.0 Å². The minimum Gasteiger partial charge on any atom is -0.334 e. The van der Waals surface area contributed by atoms with Crippen LogP contribution in [0.5, 0.6) is 0 Å². The van der Waals surface area contributed by atoms with Crippen molar-refractivity contribution >= 4 is 17.6 Å². The molecule has 1 atom stereocenters. The molecule has 0 aromatic carbocycles. The van der Waals surface area contributed by atoms with E-state index in [1.54, 1.807) is 6.20 Å². The molecule has 1 aliphatic heterocycles. The molecule has 6 heteroatoms. The Kier molecular flexibility index (Phi) is 4.66. The van der Waals surface area contributed by atoms with Gasteiger partial charge in [-0.15, -0.1) is 0 Å². The number of nitrogens with one attached hydrogen (secondary N) is 1. The maximum Gasteiger partial charge on any atom is 0.275 e. The number of amides is 1. The van der Waals surface area contributed by atoms with Crippen molar-refractivity contribution in [3.05, 3.63) is 11.9 Å². The summed E-state index contributed by atoms with van der Waals surface area (Å²) in [7, 11) is 0. The van der Waals surface area contributed by atoms with Crippen LogP contribution in [0.2, 0.25) is 0 Å². The molecule has 18 heavy (non-hydrogen) atoms. The fourth-order valence-corrected chi connectivity index (χ4v) is 2.70. The molecule has 1 unspecified atom stereocenters. The molecule has 1 fully saturated rings. The first-order chi connectivity index (χ1) is 8.68. The summed E-state index contributed by atoms with van der Waals surface area (Å²) >= 11 is 1.08. The molecular weight excluding hydrogens is 248 g/mol. The molecule has 2 heterocycles. The van der Waals surface area contributed by atoms with Crippen LogP contribution >= 0.6 is 11.7 Å². The smallest absolute Gasteiger partial charge is 0.275 e. The molecule has 1 aliphatic rings. The Labute approximate surface area is 112 Å². The van der Waals surface area contributed by atoms with Crippen molar-refractivity contribution in [1.29, 1.82) is 0 Å². The van der Waals surface area contributed by atoms with Crippen molar-refractivity contribution in [3.8, 4) is 0 Å². The van der Waals surface area contributed by atoms with Gasteiger partial charge in [0.25, 0.3) is 5.91 Å². The monoisotopic (exact) mass is 268 g/mol. The number of rotatable bonds is 4. The van der Waals surface area contributed by atoms with E-state index in [1.165, 1.54) is 12.8 Å². The molecule has 1 aromatic rings. The number of piperidine rings is 1. The van der Waals surface area contributed by atoms with E-state index in [9.17, 15) is 4.79 Å². The van der Waals surface area contributed by atoms with Crippen LogP contribution in [0.15, 0.2) is 6.20 Å². The Bertz CT molecular complexity index is 373. The minimum absolute atomic E-state index is 0.00400. The highest BCUT2D eigenvalue weighted by Crippen LogP contribution is 2.15. The summed E-state index contributed by atoms with van der Waals surface area (Å²) in [5.41, 5.74) is 0.470. The van der Waals surface area contributed by atoms with Gasteiger partial charge in [0.05, 0.1) is 17.9 Å². The van der Waals surface area contributed by atoms with Crippen LogP contribution in [-0.4, -0.2) is 45.2 Å². The number of hydrogen-bond donors (Lipinski definition) is 1. The van der Waals surface area contributed by atoms with Gasteiger partial charge in [-0.3, -0.25) is 4.79 Å². The van der Waals surface area contributed by atoms with E-state index in [4.69, 9.17) is 0 Å². The zero-order chi connectivity index (χ0) is 13.0. The number of carbonyl (C=O) groups is 1. The van der Waals surface area contributed by atoms with Gasteiger partial charge in [0.2, 0.25) is 0 Å². The molecule has 1 saturated heterocycles. The van der Waals surface area contributed by atoms with Gasteiger partial charge in [-0.05, 0) is 45.7 Å². The highest BCUT2D eigenvalue weighted by atomic mass is 32.1. The normalized spacial score (nSPS) is 20.1. The Hall–Kier alpha value is -1.01. The summed E-state index contributed by atoms with van der Waals surface area (Å²) < 4.78 is 7.94. The predicted octanol–water partition coefficient (Wildman–Crippen LogP) is 1.39. The highest BCUT2D eigenvalue weighted by Gasteiger charge is 2.25. The second kappa shape index (κ2) is 6.24. The van der Waals surface area contributed by atoms with Crippen LogP contribution in [0.4, 0.5) is 0 Å². The molecule has 2 rings (SSSR count). The topological polar surface area (TPSA) is 58.1 Å². The quantitative estimate of drug-likeness (QED) is 0.896. The molecule has 1 amide bonds. The number of aromatic nitrogens is 2. The third-order valence-electron chi connectivity index (χ3n) is 3.32. The summed E-state index contributed by atoms with van der Waals surface area (Å²) in [5, 5.41) is 3.39. The minimum atomic E-state index is 0.00400. The summed E-state index contributed by atoms with van der Waals surface area (Å²) in [4.78, 5) is 14.2. The van der Waals surface area contributed by atoms with E-state index in [1.807, 2.05) is 18.7 Å². The van der Waals surface area contributed by atoms with Crippen molar-refractivity contribution in [3.63, 3.8) is 0 Å². The summed E-state index contributed by atoms with van der Waals surface area (Å²) in [6, 6.07) is 0.195. The zero-order valence-electron chi connectivity index (χ0n) is 10.9. The zero-order valence-corrected chi connectivity index (χ0v) is 11.7. The molecule has 100 valence electrons. The van der Waals surface area contributed by atoms with Gasteiger partial charge < -0.3 is 10.2 Å². The van der Waals surface area contributed by atoms with E-state index in [0.717, 1.165) is 31.4 Å². The van der Waals surface area contributed by atoms with Gasteiger partial charge in [-0.1, -0.05) is 0 Å². The van der Waals surface area contributed by atoms with E-state index in [0.29, 0.717) is 11.6 Å². The molecule has 0 aliphatic carbocycles. The second-order valence-electron chi connectivity index (χ2n) is 5.06. The average Bonchev–Trinajstić information content (AvgIpc) is 2.90. The summed E-state index contributed by atoms with van der Waals surface area (Å²) in [5.74, 6) is 0.556. The lowest BCUT2D eigenvalue weighted by atomic mass is 9.98. The second-order valence-corrected chi connectivity index (χ2v) is 5.61. The number of hydrogen-bond acceptors (Lipinski definition) is 5. The maximum atomic E-state index is 12.3. The third kappa shape index (κ3) is 3.26. The average molecular weight is 268 g/mol. The largest absolute Gasteiger partial charge is 0.334 e. The third-order valence-corrected chi connectivity index (χ3v) is 3.80. The maximum absolute atomic E-state index is 12.3. The SMILES string of the molecule is CC(C)N(CC1CCCNC1)C(=O)c1cnsn1. The lowest BCUT2D eigenvalue weighted by Gasteiger charge is -2.32. The van der Waals surface area contributed by atoms with E-state index >= 15 is 0 Å². The molecule has 0 saturated carbocycles. The van der Waals surface area contributed by atoms with Crippen molar-refractivity contribution in [2.75, 3.05) is 19.6 Å². The Morgan fingerprint density at radius 1 is 1.67 bits per heavy atom. The van der Waals surface area contributed by atoms with Crippen molar-refractivity contribution in [2.45, 2.75) is 32.7 Å². The number of carbonyl (C=O) groups excluding carboxylic acids is 1. The standard InChI is InChI=1S/C12H20N4OS/c1-9(2)16(8-10-4-3-5-13-6-10)12(17)11-7-14-18-15-11/h7,9-10,13H,3-6,8H2,1-2H3. The van der Waals surface area contributed by atoms with Gasteiger partial charge in [0.1, 0.15) is 0 Å². The first-order valence-corrected chi connectivity index (χ1v) is 7.20. The molecule has 0 bridgehead atoms. The number of nitrogens with zero attached hydrogens (tertiary/aromatic N) is 3. The van der Waals surface area contributed by atoms with Crippen molar-refractivity contribution < 1.29 is 4.79 Å². The van der Waals surface area contributed by atoms with Gasteiger partial charge in [-0.2, -0.15) is 8.75 Å². The Balaban J connectivity index is 2.01. The fourth-order valence-electron chi connectivity index (χ4n) is 2.29.